The molecule has 4 nitrogen and oxygen atoms in total. The number of nitrogens with one attached hydrogen (secondary N) is 1. The molecule has 0 saturated carbocycles. The van der Waals surface area contributed by atoms with Crippen LogP contribution in [0.3, 0.4) is 0 Å². The van der Waals surface area contributed by atoms with E-state index in [0.29, 0.717) is 0 Å². The van der Waals surface area contributed by atoms with E-state index in [1.807, 2.05) is 17.5 Å². The normalized spacial score (nSPS) is 16.3. The van der Waals surface area contributed by atoms with Crippen molar-refractivity contribution in [2.45, 2.75) is 6.54 Å². The zero-order valence-corrected chi connectivity index (χ0v) is 14.1. The number of hydrogen-bond donors (Lipinski definition) is 1. The van der Waals surface area contributed by atoms with E-state index < -0.39 is 0 Å². The van der Waals surface area contributed by atoms with Crippen molar-refractivity contribution < 1.29 is 4.79 Å². The summed E-state index contributed by atoms with van der Waals surface area (Å²) < 4.78 is 0. The highest BCUT2D eigenvalue weighted by Gasteiger charge is 2.16. The number of amides is 1. The molecule has 1 aliphatic rings. The van der Waals surface area contributed by atoms with Crippen LogP contribution in [0.1, 0.15) is 15.2 Å². The minimum atomic E-state index is 0.0442. The highest BCUT2D eigenvalue weighted by molar-refractivity contribution is 7.12. The maximum absolute atomic E-state index is 11.9. The summed E-state index contributed by atoms with van der Waals surface area (Å²) in [4.78, 5) is 17.6. The van der Waals surface area contributed by atoms with Crippen LogP contribution in [0.5, 0.6) is 0 Å². The molecule has 0 unspecified atom stereocenters. The molecule has 1 amide bonds. The molecular weight excluding hydrogens is 306 g/mol. The second-order valence-corrected chi connectivity index (χ2v) is 6.78. The third-order valence-electron chi connectivity index (χ3n) is 4.17. The molecule has 1 N–H and O–H groups in total. The summed E-state index contributed by atoms with van der Waals surface area (Å²) in [6, 6.07) is 14.4. The van der Waals surface area contributed by atoms with Crippen molar-refractivity contribution in [2.75, 3.05) is 39.3 Å². The predicted octanol–water partition coefficient (Wildman–Crippen LogP) is 2.30. The molecule has 0 spiro atoms. The Kier molecular flexibility index (Phi) is 5.80. The Hall–Kier alpha value is -1.69. The molecule has 5 heteroatoms. The Morgan fingerprint density at radius 3 is 2.43 bits per heavy atom. The third-order valence-corrected chi connectivity index (χ3v) is 5.04. The zero-order chi connectivity index (χ0) is 15.9. The Balaban J connectivity index is 1.34. The fourth-order valence-corrected chi connectivity index (χ4v) is 3.48. The molecule has 0 aliphatic carbocycles. The molecule has 0 bridgehead atoms. The predicted molar refractivity (Wildman–Crippen MR) is 94.8 cm³/mol. The standard InChI is InChI=1S/C18H23N3OS/c22-18(17-7-4-14-23-17)19-8-9-20-10-12-21(13-11-20)15-16-5-2-1-3-6-16/h1-7,14H,8-13,15H2,(H,19,22). The van der Waals surface area contributed by atoms with Crippen molar-refractivity contribution in [1.29, 1.82) is 0 Å². The van der Waals surface area contributed by atoms with Gasteiger partial charge in [0.05, 0.1) is 4.88 Å². The van der Waals surface area contributed by atoms with Gasteiger partial charge in [0.2, 0.25) is 0 Å². The van der Waals surface area contributed by atoms with E-state index in [0.717, 1.165) is 50.7 Å². The van der Waals surface area contributed by atoms with E-state index in [1.165, 1.54) is 16.9 Å². The first-order chi connectivity index (χ1) is 11.3. The van der Waals surface area contributed by atoms with Gasteiger partial charge in [-0.05, 0) is 17.0 Å². The smallest absolute Gasteiger partial charge is 0.261 e. The highest BCUT2D eigenvalue weighted by Crippen LogP contribution is 2.09. The van der Waals surface area contributed by atoms with E-state index in [-0.39, 0.29) is 5.91 Å². The van der Waals surface area contributed by atoms with E-state index in [4.69, 9.17) is 0 Å². The molecule has 1 saturated heterocycles. The lowest BCUT2D eigenvalue weighted by molar-refractivity contribution is 0.0938. The van der Waals surface area contributed by atoms with E-state index in [9.17, 15) is 4.79 Å². The number of hydrogen-bond acceptors (Lipinski definition) is 4. The Morgan fingerprint density at radius 2 is 1.74 bits per heavy atom. The molecule has 122 valence electrons. The van der Waals surface area contributed by atoms with Crippen LogP contribution >= 0.6 is 11.3 Å². The van der Waals surface area contributed by atoms with Gasteiger partial charge in [-0.1, -0.05) is 36.4 Å². The third kappa shape index (κ3) is 4.89. The summed E-state index contributed by atoms with van der Waals surface area (Å²) in [5.74, 6) is 0.0442. The lowest BCUT2D eigenvalue weighted by Crippen LogP contribution is -2.48. The SMILES string of the molecule is O=C(NCCN1CCN(Cc2ccccc2)CC1)c1cccs1. The van der Waals surface area contributed by atoms with Crippen LogP contribution in [-0.2, 0) is 6.54 Å². The first-order valence-corrected chi connectivity index (χ1v) is 8.99. The molecule has 1 fully saturated rings. The van der Waals surface area contributed by atoms with Crippen molar-refractivity contribution >= 4 is 17.2 Å². The van der Waals surface area contributed by atoms with Crippen molar-refractivity contribution in [1.82, 2.24) is 15.1 Å². The van der Waals surface area contributed by atoms with Crippen molar-refractivity contribution in [3.8, 4) is 0 Å². The minimum absolute atomic E-state index is 0.0442. The van der Waals surface area contributed by atoms with Gasteiger partial charge in [0, 0.05) is 45.8 Å². The molecule has 0 radical (unpaired) electrons. The second-order valence-electron chi connectivity index (χ2n) is 5.84. The number of benzene rings is 1. The van der Waals surface area contributed by atoms with E-state index in [2.05, 4.69) is 45.4 Å². The van der Waals surface area contributed by atoms with Crippen LogP contribution in [-0.4, -0.2) is 55.0 Å². The summed E-state index contributed by atoms with van der Waals surface area (Å²) in [7, 11) is 0. The Bertz CT molecular complexity index is 592. The topological polar surface area (TPSA) is 35.6 Å². The summed E-state index contributed by atoms with van der Waals surface area (Å²) >= 11 is 1.49. The number of carbonyl (C=O) groups excluding carboxylic acids is 1. The first-order valence-electron chi connectivity index (χ1n) is 8.11. The van der Waals surface area contributed by atoms with Crippen LogP contribution in [0.15, 0.2) is 47.8 Å². The molecule has 0 atom stereocenters. The van der Waals surface area contributed by atoms with Gasteiger partial charge >= 0.3 is 0 Å². The fourth-order valence-electron chi connectivity index (χ4n) is 2.84. The summed E-state index contributed by atoms with van der Waals surface area (Å²) in [5, 5.41) is 4.93. The zero-order valence-electron chi connectivity index (χ0n) is 13.3. The van der Waals surface area contributed by atoms with E-state index in [1.54, 1.807) is 0 Å². The van der Waals surface area contributed by atoms with Gasteiger partial charge in [0.1, 0.15) is 0 Å². The maximum Gasteiger partial charge on any atom is 0.261 e. The van der Waals surface area contributed by atoms with Crippen LogP contribution < -0.4 is 5.32 Å². The molecule has 2 aromatic rings. The van der Waals surface area contributed by atoms with Gasteiger partial charge in [-0.3, -0.25) is 14.6 Å². The largest absolute Gasteiger partial charge is 0.350 e. The van der Waals surface area contributed by atoms with Gasteiger partial charge in [-0.15, -0.1) is 11.3 Å². The van der Waals surface area contributed by atoms with Crippen LogP contribution in [0.25, 0.3) is 0 Å². The van der Waals surface area contributed by atoms with Gasteiger partial charge in [0.15, 0.2) is 0 Å². The molecule has 1 aromatic heterocycles. The summed E-state index contributed by atoms with van der Waals surface area (Å²) in [6.07, 6.45) is 0. The van der Waals surface area contributed by atoms with Gasteiger partial charge in [-0.2, -0.15) is 0 Å². The van der Waals surface area contributed by atoms with Gasteiger partial charge in [0.25, 0.3) is 5.91 Å². The quantitative estimate of drug-likeness (QED) is 0.883. The number of carbonyl (C=O) groups is 1. The average Bonchev–Trinajstić information content (AvgIpc) is 3.12. The lowest BCUT2D eigenvalue weighted by atomic mass is 10.2. The van der Waals surface area contributed by atoms with Crippen molar-refractivity contribution in [3.05, 3.63) is 58.3 Å². The highest BCUT2D eigenvalue weighted by atomic mass is 32.1. The van der Waals surface area contributed by atoms with Crippen molar-refractivity contribution in [3.63, 3.8) is 0 Å². The van der Waals surface area contributed by atoms with Gasteiger partial charge < -0.3 is 5.32 Å². The molecular formula is C18H23N3OS. The lowest BCUT2D eigenvalue weighted by Gasteiger charge is -2.34. The van der Waals surface area contributed by atoms with Crippen LogP contribution in [0.4, 0.5) is 0 Å². The fraction of sp³-hybridized carbons (Fsp3) is 0.389. The van der Waals surface area contributed by atoms with Crippen molar-refractivity contribution in [2.24, 2.45) is 0 Å². The monoisotopic (exact) mass is 329 g/mol. The molecule has 3 rings (SSSR count). The first kappa shape index (κ1) is 16.2. The number of rotatable bonds is 6. The number of piperazine rings is 1. The second kappa shape index (κ2) is 8.24. The molecule has 23 heavy (non-hydrogen) atoms. The molecule has 2 heterocycles. The molecule has 1 aliphatic heterocycles. The Labute approximate surface area is 141 Å². The van der Waals surface area contributed by atoms with Crippen LogP contribution in [0.2, 0.25) is 0 Å². The number of thiophene rings is 1. The minimum Gasteiger partial charge on any atom is -0.350 e. The summed E-state index contributed by atoms with van der Waals surface area (Å²) in [5.41, 5.74) is 1.38. The summed E-state index contributed by atoms with van der Waals surface area (Å²) in [6.45, 7) is 7.00. The van der Waals surface area contributed by atoms with Gasteiger partial charge in [-0.25, -0.2) is 0 Å². The van der Waals surface area contributed by atoms with E-state index >= 15 is 0 Å². The Morgan fingerprint density at radius 1 is 1.00 bits per heavy atom. The van der Waals surface area contributed by atoms with Crippen LogP contribution in [0, 0.1) is 0 Å². The molecule has 1 aromatic carbocycles. The number of nitrogens with zero attached hydrogens (tertiary/aromatic N) is 2. The average molecular weight is 329 g/mol. The maximum atomic E-state index is 11.9.